The number of nitrogens with zero attached hydrogens (tertiary/aromatic N) is 1. The fraction of sp³-hybridized carbons (Fsp3) is 0.0556. The molecule has 0 radical (unpaired) electrons. The monoisotopic (exact) mass is 453 g/mol. The Morgan fingerprint density at radius 3 is 2.48 bits per heavy atom. The summed E-state index contributed by atoms with van der Waals surface area (Å²) in [6.45, 7) is 0.455. The van der Waals surface area contributed by atoms with E-state index in [1.807, 2.05) is 48.5 Å². The highest BCUT2D eigenvalue weighted by molar-refractivity contribution is 14.1. The predicted octanol–water partition coefficient (Wildman–Crippen LogP) is 6.07. The maximum atomic E-state index is 6.30. The number of ether oxygens (including phenoxy) is 1. The third-order valence-corrected chi connectivity index (χ3v) is 5.37. The van der Waals surface area contributed by atoms with Gasteiger partial charge in [0.15, 0.2) is 0 Å². The van der Waals surface area contributed by atoms with Crippen molar-refractivity contribution < 1.29 is 4.74 Å². The zero-order chi connectivity index (χ0) is 16.1. The second-order valence-electron chi connectivity index (χ2n) is 4.75. The Hall–Kier alpha value is -1.24. The summed E-state index contributed by atoms with van der Waals surface area (Å²) in [5.41, 5.74) is 1.12. The van der Waals surface area contributed by atoms with E-state index >= 15 is 0 Å². The van der Waals surface area contributed by atoms with Gasteiger partial charge in [-0.05, 0) is 46.9 Å². The van der Waals surface area contributed by atoms with Crippen LogP contribution < -0.4 is 4.74 Å². The van der Waals surface area contributed by atoms with Crippen molar-refractivity contribution in [1.29, 1.82) is 0 Å². The van der Waals surface area contributed by atoms with Gasteiger partial charge in [-0.3, -0.25) is 0 Å². The Morgan fingerprint density at radius 1 is 1.00 bits per heavy atom. The Kier molecular flexibility index (Phi) is 5.80. The topological polar surface area (TPSA) is 22.1 Å². The van der Waals surface area contributed by atoms with Crippen LogP contribution in [0.15, 0.2) is 76.7 Å². The number of halogens is 2. The third kappa shape index (κ3) is 4.62. The Balaban J connectivity index is 1.69. The fourth-order valence-corrected chi connectivity index (χ4v) is 3.63. The van der Waals surface area contributed by atoms with Crippen molar-refractivity contribution in [1.82, 2.24) is 4.98 Å². The van der Waals surface area contributed by atoms with Crippen LogP contribution in [0.2, 0.25) is 5.02 Å². The van der Waals surface area contributed by atoms with Crippen molar-refractivity contribution in [2.75, 3.05) is 0 Å². The van der Waals surface area contributed by atoms with Gasteiger partial charge in [-0.15, -0.1) is 0 Å². The van der Waals surface area contributed by atoms with Gasteiger partial charge in [0.2, 0.25) is 5.88 Å². The first kappa shape index (κ1) is 16.6. The first-order valence-electron chi connectivity index (χ1n) is 6.97. The molecule has 0 unspecified atom stereocenters. The van der Waals surface area contributed by atoms with Crippen LogP contribution in [0.4, 0.5) is 0 Å². The van der Waals surface area contributed by atoms with E-state index in [2.05, 4.69) is 39.7 Å². The van der Waals surface area contributed by atoms with E-state index in [-0.39, 0.29) is 0 Å². The standard InChI is InChI=1S/C18H13ClINOS/c19-16-10-15(23-14-7-2-1-3-8-14)11-21-18(16)22-12-13-6-4-5-9-17(13)20/h1-11H,12H2. The Bertz CT molecular complexity index is 798. The molecule has 3 rings (SSSR count). The molecule has 0 saturated heterocycles. The van der Waals surface area contributed by atoms with Crippen LogP contribution in [0.5, 0.6) is 5.88 Å². The minimum atomic E-state index is 0.455. The molecule has 2 nitrogen and oxygen atoms in total. The average molecular weight is 454 g/mol. The molecule has 0 aliphatic heterocycles. The number of aromatic nitrogens is 1. The van der Waals surface area contributed by atoms with Crippen LogP contribution >= 0.6 is 46.0 Å². The lowest BCUT2D eigenvalue weighted by Crippen LogP contribution is -1.99. The molecular formula is C18H13ClINOS. The molecule has 0 aliphatic rings. The Morgan fingerprint density at radius 2 is 1.74 bits per heavy atom. The molecule has 0 saturated carbocycles. The first-order valence-corrected chi connectivity index (χ1v) is 9.24. The van der Waals surface area contributed by atoms with Crippen LogP contribution in [0, 0.1) is 3.57 Å². The molecular weight excluding hydrogens is 441 g/mol. The molecule has 2 aromatic carbocycles. The van der Waals surface area contributed by atoms with Crippen molar-refractivity contribution in [3.8, 4) is 5.88 Å². The maximum absolute atomic E-state index is 6.30. The molecule has 23 heavy (non-hydrogen) atoms. The van der Waals surface area contributed by atoms with Crippen LogP contribution in [0.3, 0.4) is 0 Å². The van der Waals surface area contributed by atoms with Gasteiger partial charge in [-0.2, -0.15) is 0 Å². The summed E-state index contributed by atoms with van der Waals surface area (Å²) in [5, 5.41) is 0.525. The predicted molar refractivity (Wildman–Crippen MR) is 103 cm³/mol. The van der Waals surface area contributed by atoms with Crippen LogP contribution in [0.25, 0.3) is 0 Å². The van der Waals surface area contributed by atoms with Crippen LogP contribution in [-0.4, -0.2) is 4.98 Å². The fourth-order valence-electron chi connectivity index (χ4n) is 1.96. The van der Waals surface area contributed by atoms with E-state index in [0.29, 0.717) is 17.5 Å². The normalized spacial score (nSPS) is 10.5. The van der Waals surface area contributed by atoms with E-state index < -0.39 is 0 Å². The average Bonchev–Trinajstić information content (AvgIpc) is 2.56. The minimum Gasteiger partial charge on any atom is -0.472 e. The molecule has 0 atom stereocenters. The number of rotatable bonds is 5. The lowest BCUT2D eigenvalue weighted by molar-refractivity contribution is 0.293. The molecule has 0 fully saturated rings. The lowest BCUT2D eigenvalue weighted by atomic mass is 10.2. The molecule has 5 heteroatoms. The molecule has 0 aliphatic carbocycles. The van der Waals surface area contributed by atoms with Crippen molar-refractivity contribution in [3.05, 3.63) is 81.0 Å². The summed E-state index contributed by atoms with van der Waals surface area (Å²) in [4.78, 5) is 6.48. The van der Waals surface area contributed by atoms with Crippen molar-refractivity contribution >= 4 is 46.0 Å². The smallest absolute Gasteiger partial charge is 0.232 e. The molecule has 0 bridgehead atoms. The SMILES string of the molecule is Clc1cc(Sc2ccccc2)cnc1OCc1ccccc1I. The summed E-state index contributed by atoms with van der Waals surface area (Å²) in [6.07, 6.45) is 1.79. The number of benzene rings is 2. The van der Waals surface area contributed by atoms with Gasteiger partial charge in [0, 0.05) is 25.1 Å². The highest BCUT2D eigenvalue weighted by Crippen LogP contribution is 2.32. The summed E-state index contributed by atoms with van der Waals surface area (Å²) >= 11 is 10.2. The summed E-state index contributed by atoms with van der Waals surface area (Å²) in [6, 6.07) is 20.1. The minimum absolute atomic E-state index is 0.455. The quantitative estimate of drug-likeness (QED) is 0.438. The zero-order valence-corrected chi connectivity index (χ0v) is 15.8. The van der Waals surface area contributed by atoms with Crippen molar-refractivity contribution in [2.45, 2.75) is 16.4 Å². The van der Waals surface area contributed by atoms with Gasteiger partial charge in [-0.1, -0.05) is 59.8 Å². The number of hydrogen-bond acceptors (Lipinski definition) is 3. The highest BCUT2D eigenvalue weighted by Gasteiger charge is 2.07. The summed E-state index contributed by atoms with van der Waals surface area (Å²) < 4.78 is 6.92. The van der Waals surface area contributed by atoms with E-state index in [4.69, 9.17) is 16.3 Å². The van der Waals surface area contributed by atoms with Gasteiger partial charge < -0.3 is 4.74 Å². The largest absolute Gasteiger partial charge is 0.472 e. The maximum Gasteiger partial charge on any atom is 0.232 e. The van der Waals surface area contributed by atoms with Gasteiger partial charge in [0.05, 0.1) is 0 Å². The number of pyridine rings is 1. The van der Waals surface area contributed by atoms with Gasteiger partial charge in [0.1, 0.15) is 11.6 Å². The van der Waals surface area contributed by atoms with E-state index in [1.165, 1.54) is 0 Å². The van der Waals surface area contributed by atoms with E-state index in [9.17, 15) is 0 Å². The lowest BCUT2D eigenvalue weighted by Gasteiger charge is -2.09. The Labute approximate surface area is 158 Å². The second-order valence-corrected chi connectivity index (χ2v) is 7.47. The van der Waals surface area contributed by atoms with Crippen LogP contribution in [-0.2, 0) is 6.61 Å². The summed E-state index contributed by atoms with van der Waals surface area (Å²) in [7, 11) is 0. The van der Waals surface area contributed by atoms with Crippen molar-refractivity contribution in [2.24, 2.45) is 0 Å². The zero-order valence-electron chi connectivity index (χ0n) is 12.1. The van der Waals surface area contributed by atoms with Gasteiger partial charge in [0.25, 0.3) is 0 Å². The van der Waals surface area contributed by atoms with Gasteiger partial charge in [-0.25, -0.2) is 4.98 Å². The van der Waals surface area contributed by atoms with Crippen LogP contribution in [0.1, 0.15) is 5.56 Å². The highest BCUT2D eigenvalue weighted by atomic mass is 127. The summed E-state index contributed by atoms with van der Waals surface area (Å²) in [5.74, 6) is 0.462. The molecule has 0 spiro atoms. The van der Waals surface area contributed by atoms with Gasteiger partial charge >= 0.3 is 0 Å². The molecule has 1 heterocycles. The molecule has 0 N–H and O–H groups in total. The third-order valence-electron chi connectivity index (χ3n) is 3.08. The second kappa shape index (κ2) is 8.04. The van der Waals surface area contributed by atoms with E-state index in [0.717, 1.165) is 18.9 Å². The molecule has 116 valence electrons. The van der Waals surface area contributed by atoms with E-state index in [1.54, 1.807) is 18.0 Å². The molecule has 0 amide bonds. The van der Waals surface area contributed by atoms with Crippen molar-refractivity contribution in [3.63, 3.8) is 0 Å². The number of hydrogen-bond donors (Lipinski definition) is 0. The molecule has 3 aromatic rings. The first-order chi connectivity index (χ1) is 11.2. The molecule has 1 aromatic heterocycles.